The van der Waals surface area contributed by atoms with Crippen LogP contribution in [0.2, 0.25) is 0 Å². The minimum Gasteiger partial charge on any atom is -0.419 e. The maximum absolute atomic E-state index is 5.27. The van der Waals surface area contributed by atoms with Gasteiger partial charge in [0.05, 0.1) is 0 Å². The molecule has 3 aromatic carbocycles. The van der Waals surface area contributed by atoms with Crippen LogP contribution in [0, 0.1) is 0 Å². The number of rotatable bonds is 6. The average molecular weight is 315 g/mol. The van der Waals surface area contributed by atoms with Gasteiger partial charge in [-0.2, -0.15) is 0 Å². The SMILES string of the molecule is [Si]OCCC(c1ccccc1)(c1ccccc1)c1ccccc1. The van der Waals surface area contributed by atoms with Gasteiger partial charge in [-0.15, -0.1) is 0 Å². The highest BCUT2D eigenvalue weighted by molar-refractivity contribution is 5.97. The third-order valence-corrected chi connectivity index (χ3v) is 4.58. The predicted octanol–water partition coefficient (Wildman–Crippen LogP) is 4.51. The molecule has 0 aliphatic carbocycles. The second-order valence-electron chi connectivity index (χ2n) is 5.60. The van der Waals surface area contributed by atoms with Crippen LogP contribution in [0.3, 0.4) is 0 Å². The van der Waals surface area contributed by atoms with E-state index in [0.29, 0.717) is 6.61 Å². The van der Waals surface area contributed by atoms with Gasteiger partial charge >= 0.3 is 0 Å². The normalized spacial score (nSPS) is 11.3. The molecule has 0 atom stereocenters. The summed E-state index contributed by atoms with van der Waals surface area (Å²) >= 11 is 0. The Morgan fingerprint density at radius 1 is 0.609 bits per heavy atom. The van der Waals surface area contributed by atoms with Gasteiger partial charge in [0, 0.05) is 12.0 Å². The van der Waals surface area contributed by atoms with E-state index >= 15 is 0 Å². The van der Waals surface area contributed by atoms with Crippen LogP contribution in [0.5, 0.6) is 0 Å². The zero-order valence-corrected chi connectivity index (χ0v) is 14.0. The predicted molar refractivity (Wildman–Crippen MR) is 95.5 cm³/mol. The van der Waals surface area contributed by atoms with Crippen molar-refractivity contribution >= 4 is 10.5 Å². The first-order valence-corrected chi connectivity index (χ1v) is 8.24. The third kappa shape index (κ3) is 3.14. The summed E-state index contributed by atoms with van der Waals surface area (Å²) in [6.45, 7) is 0.621. The van der Waals surface area contributed by atoms with Crippen LogP contribution in [0.25, 0.3) is 0 Å². The molecule has 0 spiro atoms. The fraction of sp³-hybridized carbons (Fsp3) is 0.143. The van der Waals surface area contributed by atoms with Gasteiger partial charge in [0.1, 0.15) is 0 Å². The summed E-state index contributed by atoms with van der Waals surface area (Å²) in [6.07, 6.45) is 0.856. The van der Waals surface area contributed by atoms with Crippen molar-refractivity contribution in [2.75, 3.05) is 6.61 Å². The molecule has 0 heterocycles. The Morgan fingerprint density at radius 3 is 1.26 bits per heavy atom. The lowest BCUT2D eigenvalue weighted by molar-refractivity contribution is 0.311. The molecule has 113 valence electrons. The molecular formula is C21H19OSi. The Balaban J connectivity index is 2.25. The second kappa shape index (κ2) is 7.40. The van der Waals surface area contributed by atoms with E-state index in [2.05, 4.69) is 101 Å². The van der Waals surface area contributed by atoms with Crippen molar-refractivity contribution in [3.05, 3.63) is 108 Å². The monoisotopic (exact) mass is 315 g/mol. The molecular weight excluding hydrogens is 296 g/mol. The van der Waals surface area contributed by atoms with Gasteiger partial charge in [0.2, 0.25) is 10.5 Å². The van der Waals surface area contributed by atoms with Crippen molar-refractivity contribution in [2.45, 2.75) is 11.8 Å². The van der Waals surface area contributed by atoms with Gasteiger partial charge in [0.15, 0.2) is 0 Å². The van der Waals surface area contributed by atoms with Crippen molar-refractivity contribution < 1.29 is 4.43 Å². The van der Waals surface area contributed by atoms with Crippen LogP contribution in [0.15, 0.2) is 91.0 Å². The molecule has 0 aliphatic rings. The first-order chi connectivity index (χ1) is 11.4. The van der Waals surface area contributed by atoms with Crippen molar-refractivity contribution in [3.8, 4) is 0 Å². The standard InChI is InChI=1S/C21H19OSi/c23-22-17-16-21(18-10-4-1-5-11-18,19-12-6-2-7-13-19)20-14-8-3-9-15-20/h1-15H,16-17H2. The molecule has 0 amide bonds. The van der Waals surface area contributed by atoms with Gasteiger partial charge in [0.25, 0.3) is 0 Å². The maximum Gasteiger partial charge on any atom is 0.246 e. The summed E-state index contributed by atoms with van der Waals surface area (Å²) in [4.78, 5) is 0. The molecule has 3 rings (SSSR count). The van der Waals surface area contributed by atoms with Crippen LogP contribution in [-0.4, -0.2) is 17.1 Å². The molecule has 0 N–H and O–H groups in total. The molecule has 3 aromatic rings. The average Bonchev–Trinajstić information content (AvgIpc) is 2.65. The molecule has 2 heteroatoms. The summed E-state index contributed by atoms with van der Waals surface area (Å²) in [6, 6.07) is 32.0. The lowest BCUT2D eigenvalue weighted by Crippen LogP contribution is -2.31. The highest BCUT2D eigenvalue weighted by Gasteiger charge is 2.35. The van der Waals surface area contributed by atoms with E-state index in [1.807, 2.05) is 0 Å². The highest BCUT2D eigenvalue weighted by Crippen LogP contribution is 2.41. The number of hydrogen-bond acceptors (Lipinski definition) is 1. The fourth-order valence-corrected chi connectivity index (χ4v) is 3.41. The van der Waals surface area contributed by atoms with E-state index in [1.165, 1.54) is 16.7 Å². The molecule has 0 aliphatic heterocycles. The van der Waals surface area contributed by atoms with E-state index in [4.69, 9.17) is 4.43 Å². The fourth-order valence-electron chi connectivity index (χ4n) is 3.31. The van der Waals surface area contributed by atoms with Gasteiger partial charge in [-0.25, -0.2) is 0 Å². The summed E-state index contributed by atoms with van der Waals surface area (Å²) in [7, 11) is 3.17. The molecule has 1 nitrogen and oxygen atoms in total. The molecule has 0 saturated heterocycles. The van der Waals surface area contributed by atoms with Crippen LogP contribution < -0.4 is 0 Å². The van der Waals surface area contributed by atoms with Gasteiger partial charge in [-0.3, -0.25) is 0 Å². The highest BCUT2D eigenvalue weighted by atomic mass is 28.2. The van der Waals surface area contributed by atoms with Crippen LogP contribution in [0.4, 0.5) is 0 Å². The Bertz CT molecular complexity index is 614. The minimum absolute atomic E-state index is 0.226. The molecule has 23 heavy (non-hydrogen) atoms. The Labute approximate surface area is 141 Å². The molecule has 0 unspecified atom stereocenters. The summed E-state index contributed by atoms with van der Waals surface area (Å²) in [5.41, 5.74) is 3.61. The van der Waals surface area contributed by atoms with Gasteiger partial charge < -0.3 is 4.43 Å². The molecule has 3 radical (unpaired) electrons. The van der Waals surface area contributed by atoms with Crippen molar-refractivity contribution in [3.63, 3.8) is 0 Å². The van der Waals surface area contributed by atoms with Crippen molar-refractivity contribution in [2.24, 2.45) is 0 Å². The van der Waals surface area contributed by atoms with Gasteiger partial charge in [-0.05, 0) is 23.1 Å². The Morgan fingerprint density at radius 2 is 0.957 bits per heavy atom. The topological polar surface area (TPSA) is 9.23 Å². The first-order valence-electron chi connectivity index (χ1n) is 7.83. The first kappa shape index (κ1) is 15.7. The zero-order chi connectivity index (χ0) is 16.0. The summed E-state index contributed by atoms with van der Waals surface area (Å²) in [5, 5.41) is 0. The third-order valence-electron chi connectivity index (χ3n) is 4.38. The van der Waals surface area contributed by atoms with Crippen molar-refractivity contribution in [1.29, 1.82) is 0 Å². The van der Waals surface area contributed by atoms with Crippen LogP contribution in [0.1, 0.15) is 23.1 Å². The van der Waals surface area contributed by atoms with Crippen LogP contribution >= 0.6 is 0 Å². The quantitative estimate of drug-likeness (QED) is 0.480. The van der Waals surface area contributed by atoms with E-state index in [0.717, 1.165) is 6.42 Å². The lowest BCUT2D eigenvalue weighted by atomic mass is 9.67. The number of benzene rings is 3. The van der Waals surface area contributed by atoms with E-state index < -0.39 is 0 Å². The second-order valence-corrected chi connectivity index (χ2v) is 5.89. The molecule has 0 saturated carbocycles. The minimum atomic E-state index is -0.226. The van der Waals surface area contributed by atoms with Crippen molar-refractivity contribution in [1.82, 2.24) is 0 Å². The van der Waals surface area contributed by atoms with Gasteiger partial charge in [-0.1, -0.05) is 91.0 Å². The molecule has 0 aromatic heterocycles. The zero-order valence-electron chi connectivity index (χ0n) is 13.0. The van der Waals surface area contributed by atoms with E-state index in [9.17, 15) is 0 Å². The summed E-state index contributed by atoms with van der Waals surface area (Å²) < 4.78 is 5.27. The molecule has 0 fully saturated rings. The van der Waals surface area contributed by atoms with E-state index in [-0.39, 0.29) is 5.41 Å². The Hall–Kier alpha value is -2.16. The largest absolute Gasteiger partial charge is 0.419 e. The lowest BCUT2D eigenvalue weighted by Gasteiger charge is -2.36. The maximum atomic E-state index is 5.27. The van der Waals surface area contributed by atoms with Crippen LogP contribution in [-0.2, 0) is 9.84 Å². The Kier molecular flexibility index (Phi) is 5.06. The number of hydrogen-bond donors (Lipinski definition) is 0. The summed E-state index contributed by atoms with van der Waals surface area (Å²) in [5.74, 6) is 0. The smallest absolute Gasteiger partial charge is 0.246 e. The van der Waals surface area contributed by atoms with E-state index in [1.54, 1.807) is 0 Å². The molecule has 0 bridgehead atoms.